The lowest BCUT2D eigenvalue weighted by Crippen LogP contribution is -2.60. The molecule has 4 amide bonds. The zero-order valence-corrected chi connectivity index (χ0v) is 27.9. The molecule has 1 aromatic rings. The average Bonchev–Trinajstić information content (AvgIpc) is 3.89. The van der Waals surface area contributed by atoms with E-state index in [4.69, 9.17) is 9.47 Å². The molecular formula is C33H46N4O8S. The third kappa shape index (κ3) is 6.80. The van der Waals surface area contributed by atoms with E-state index in [0.717, 1.165) is 31.2 Å². The number of carbonyl (C=O) groups is 4. The Morgan fingerprint density at radius 1 is 1.04 bits per heavy atom. The summed E-state index contributed by atoms with van der Waals surface area (Å²) in [6, 6.07) is 7.09. The Hall–Kier alpha value is -3.45. The molecule has 12 nitrogen and oxygen atoms in total. The molecule has 4 aliphatic rings. The molecule has 1 aliphatic heterocycles. The number of likely N-dealkylation sites (tertiary alicyclic amines) is 1. The summed E-state index contributed by atoms with van der Waals surface area (Å²) in [6.07, 6.45) is 5.28. The Kier molecular flexibility index (Phi) is 9.31. The van der Waals surface area contributed by atoms with Gasteiger partial charge in [-0.25, -0.2) is 13.2 Å². The topological polar surface area (TPSA) is 160 Å². The molecule has 3 saturated carbocycles. The quantitative estimate of drug-likeness (QED) is 0.306. The van der Waals surface area contributed by atoms with Crippen LogP contribution in [0.25, 0.3) is 0 Å². The summed E-state index contributed by atoms with van der Waals surface area (Å²) in [5.41, 5.74) is -2.60. The summed E-state index contributed by atoms with van der Waals surface area (Å²) in [7, 11) is -2.35. The molecule has 4 fully saturated rings. The highest BCUT2D eigenvalue weighted by atomic mass is 32.2. The van der Waals surface area contributed by atoms with Gasteiger partial charge in [0, 0.05) is 19.4 Å². The van der Waals surface area contributed by atoms with Crippen LogP contribution >= 0.6 is 0 Å². The first kappa shape index (κ1) is 33.9. The van der Waals surface area contributed by atoms with E-state index in [1.54, 1.807) is 0 Å². The van der Waals surface area contributed by atoms with E-state index in [0.29, 0.717) is 12.8 Å². The Balaban J connectivity index is 1.44. The SMILES string of the molecule is C=C[C@@H]1C[C@]1(NC(=O)[C@@H]1C[C@@](OC)(c2ccccc2)CN1C(=O)[C@@H](NC(=O)OC1CCCC1)C(C)(C)C)C(=O)NS(=O)(=O)C1CC1. The van der Waals surface area contributed by atoms with Crippen LogP contribution < -0.4 is 15.4 Å². The summed E-state index contributed by atoms with van der Waals surface area (Å²) >= 11 is 0. The minimum absolute atomic E-state index is 0.00346. The summed E-state index contributed by atoms with van der Waals surface area (Å²) < 4.78 is 39.1. The zero-order chi connectivity index (χ0) is 33.5. The van der Waals surface area contributed by atoms with E-state index in [9.17, 15) is 27.6 Å². The number of sulfonamides is 1. The van der Waals surface area contributed by atoms with Gasteiger partial charge in [-0.3, -0.25) is 19.1 Å². The first-order chi connectivity index (χ1) is 21.7. The molecule has 3 N–H and O–H groups in total. The van der Waals surface area contributed by atoms with Crippen LogP contribution in [0.15, 0.2) is 43.0 Å². The standard InChI is InChI=1S/C33H46N4O8S/c1-6-21-18-33(21,29(40)36-46(42,43)24-16-17-24)35-27(38)25-19-32(44-5,22-12-8-7-9-13-22)20-37(25)28(39)26(31(2,3)4)34-30(41)45-23-14-10-11-15-23/h6-9,12-13,21,23-26H,1,10-11,14-20H2,2-5H3,(H,34,41)(H,35,38)(H,36,40)/t21-,25+,26-,32+,33-/m1/s1. The predicted molar refractivity (Wildman–Crippen MR) is 170 cm³/mol. The van der Waals surface area contributed by atoms with Crippen LogP contribution in [0.3, 0.4) is 0 Å². The molecule has 1 saturated heterocycles. The monoisotopic (exact) mass is 658 g/mol. The van der Waals surface area contributed by atoms with Gasteiger partial charge in [0.1, 0.15) is 29.3 Å². The van der Waals surface area contributed by atoms with Crippen molar-refractivity contribution in [3.63, 3.8) is 0 Å². The van der Waals surface area contributed by atoms with Crippen LogP contribution in [0.4, 0.5) is 4.79 Å². The molecule has 252 valence electrons. The lowest BCUT2D eigenvalue weighted by Gasteiger charge is -2.36. The molecule has 0 unspecified atom stereocenters. The Morgan fingerprint density at radius 3 is 2.24 bits per heavy atom. The molecule has 0 radical (unpaired) electrons. The maximum atomic E-state index is 14.5. The van der Waals surface area contributed by atoms with Gasteiger partial charge in [-0.15, -0.1) is 6.58 Å². The fourth-order valence-corrected chi connectivity index (χ4v) is 8.06. The highest BCUT2D eigenvalue weighted by Gasteiger charge is 2.62. The molecule has 1 aromatic carbocycles. The molecular weight excluding hydrogens is 612 g/mol. The van der Waals surface area contributed by atoms with Crippen molar-refractivity contribution in [1.82, 2.24) is 20.3 Å². The average molecular weight is 659 g/mol. The van der Waals surface area contributed by atoms with Gasteiger partial charge in [0.15, 0.2) is 0 Å². The second-order valence-electron chi connectivity index (χ2n) is 14.2. The minimum Gasteiger partial charge on any atom is -0.446 e. The predicted octanol–water partition coefficient (Wildman–Crippen LogP) is 2.88. The molecule has 0 bridgehead atoms. The molecule has 1 heterocycles. The largest absolute Gasteiger partial charge is 0.446 e. The van der Waals surface area contributed by atoms with E-state index in [1.165, 1.54) is 18.1 Å². The number of nitrogens with one attached hydrogen (secondary N) is 3. The number of hydrogen-bond acceptors (Lipinski definition) is 8. The van der Waals surface area contributed by atoms with Gasteiger partial charge in [-0.2, -0.15) is 0 Å². The van der Waals surface area contributed by atoms with Crippen molar-refractivity contribution in [2.45, 2.75) is 107 Å². The van der Waals surface area contributed by atoms with E-state index >= 15 is 0 Å². The summed E-state index contributed by atoms with van der Waals surface area (Å²) in [6.45, 7) is 9.21. The van der Waals surface area contributed by atoms with Gasteiger partial charge in [0.25, 0.3) is 5.91 Å². The smallest absolute Gasteiger partial charge is 0.408 e. The van der Waals surface area contributed by atoms with Crippen molar-refractivity contribution in [3.05, 3.63) is 48.6 Å². The second-order valence-corrected chi connectivity index (χ2v) is 16.1. The third-order valence-electron chi connectivity index (χ3n) is 9.80. The number of carbonyl (C=O) groups excluding carboxylic acids is 4. The van der Waals surface area contributed by atoms with E-state index < -0.39 is 73.6 Å². The second kappa shape index (κ2) is 12.6. The van der Waals surface area contributed by atoms with Gasteiger partial charge in [-0.05, 0) is 55.9 Å². The first-order valence-electron chi connectivity index (χ1n) is 16.0. The fraction of sp³-hybridized carbons (Fsp3) is 0.636. The van der Waals surface area contributed by atoms with E-state index in [2.05, 4.69) is 21.9 Å². The number of methoxy groups -OCH3 is 1. The van der Waals surface area contributed by atoms with Crippen LogP contribution in [0.5, 0.6) is 0 Å². The maximum absolute atomic E-state index is 14.5. The van der Waals surface area contributed by atoms with Gasteiger partial charge in [0.05, 0.1) is 11.8 Å². The van der Waals surface area contributed by atoms with Crippen molar-refractivity contribution in [1.29, 1.82) is 0 Å². The molecule has 13 heteroatoms. The highest BCUT2D eigenvalue weighted by Crippen LogP contribution is 2.46. The van der Waals surface area contributed by atoms with Crippen LogP contribution in [-0.4, -0.2) is 79.8 Å². The van der Waals surface area contributed by atoms with Crippen molar-refractivity contribution in [2.75, 3.05) is 13.7 Å². The molecule has 46 heavy (non-hydrogen) atoms. The van der Waals surface area contributed by atoms with Gasteiger partial charge >= 0.3 is 6.09 Å². The van der Waals surface area contributed by atoms with Gasteiger partial charge in [0.2, 0.25) is 21.8 Å². The van der Waals surface area contributed by atoms with Gasteiger partial charge < -0.3 is 25.0 Å². The Morgan fingerprint density at radius 2 is 1.70 bits per heavy atom. The Labute approximate surface area is 271 Å². The van der Waals surface area contributed by atoms with Crippen molar-refractivity contribution in [2.24, 2.45) is 11.3 Å². The summed E-state index contributed by atoms with van der Waals surface area (Å²) in [5, 5.41) is 4.96. The number of benzene rings is 1. The van der Waals surface area contributed by atoms with Crippen LogP contribution in [0, 0.1) is 11.3 Å². The number of ether oxygens (including phenoxy) is 2. The summed E-state index contributed by atoms with van der Waals surface area (Å²) in [5.74, 6) is -2.45. The molecule has 3 aliphatic carbocycles. The van der Waals surface area contributed by atoms with E-state index in [-0.39, 0.29) is 25.5 Å². The van der Waals surface area contributed by atoms with Crippen molar-refractivity contribution >= 4 is 33.8 Å². The number of alkyl carbamates (subject to hydrolysis) is 1. The number of nitrogens with zero attached hydrogens (tertiary/aromatic N) is 1. The fourth-order valence-electron chi connectivity index (χ4n) is 6.70. The number of hydrogen-bond donors (Lipinski definition) is 3. The Bertz CT molecular complexity index is 1470. The van der Waals surface area contributed by atoms with Crippen LogP contribution in [0.2, 0.25) is 0 Å². The number of amides is 4. The molecule has 0 aromatic heterocycles. The van der Waals surface area contributed by atoms with Crippen LogP contribution in [-0.2, 0) is 39.5 Å². The van der Waals surface area contributed by atoms with Crippen LogP contribution in [0.1, 0.15) is 77.7 Å². The highest BCUT2D eigenvalue weighted by molar-refractivity contribution is 7.91. The lowest BCUT2D eigenvalue weighted by molar-refractivity contribution is -0.143. The first-order valence-corrected chi connectivity index (χ1v) is 17.6. The van der Waals surface area contributed by atoms with Crippen molar-refractivity contribution in [3.8, 4) is 0 Å². The minimum atomic E-state index is -3.87. The summed E-state index contributed by atoms with van der Waals surface area (Å²) in [4.78, 5) is 56.5. The third-order valence-corrected chi connectivity index (χ3v) is 11.6. The zero-order valence-electron chi connectivity index (χ0n) is 27.0. The molecule has 5 atom stereocenters. The maximum Gasteiger partial charge on any atom is 0.408 e. The molecule has 5 rings (SSSR count). The van der Waals surface area contributed by atoms with Gasteiger partial charge in [-0.1, -0.05) is 57.2 Å². The van der Waals surface area contributed by atoms with E-state index in [1.807, 2.05) is 51.1 Å². The number of rotatable bonds is 11. The lowest BCUT2D eigenvalue weighted by atomic mass is 9.85. The molecule has 0 spiro atoms. The normalized spacial score (nSPS) is 28.7. The van der Waals surface area contributed by atoms with Crippen molar-refractivity contribution < 1.29 is 37.1 Å².